The van der Waals surface area contributed by atoms with Crippen molar-refractivity contribution >= 4 is 35.5 Å². The van der Waals surface area contributed by atoms with Gasteiger partial charge >= 0.3 is 35.5 Å². The molecule has 0 aromatic carbocycles. The zero-order valence-corrected chi connectivity index (χ0v) is 7.63. The van der Waals surface area contributed by atoms with Gasteiger partial charge in [-0.3, -0.25) is 0 Å². The van der Waals surface area contributed by atoms with Gasteiger partial charge in [-0.15, -0.1) is 0 Å². The van der Waals surface area contributed by atoms with Crippen molar-refractivity contribution < 1.29 is 40.5 Å². The number of hydrogen-bond acceptors (Lipinski definition) is 7. The van der Waals surface area contributed by atoms with E-state index in [0.717, 1.165) is 0 Å². The summed E-state index contributed by atoms with van der Waals surface area (Å²) in [5.74, 6) is -1.78. The summed E-state index contributed by atoms with van der Waals surface area (Å²) >= 11 is 0. The first kappa shape index (κ1) is 18.6. The van der Waals surface area contributed by atoms with E-state index in [4.69, 9.17) is 35.7 Å². The number of carboxylic acid groups (broad SMARTS) is 1. The Balaban J connectivity index is 0. The quantitative estimate of drug-likeness (QED) is 0.231. The van der Waals surface area contributed by atoms with Crippen LogP contribution in [0.25, 0.3) is 0 Å². The summed E-state index contributed by atoms with van der Waals surface area (Å²) in [5.41, 5.74) is 0. The average Bonchev–Trinajstić information content (AvgIpc) is 2.23. The summed E-state index contributed by atoms with van der Waals surface area (Å²) < 4.78 is 0. The summed E-state index contributed by atoms with van der Waals surface area (Å²) in [6, 6.07) is 0. The van der Waals surface area contributed by atoms with Gasteiger partial charge in [0, 0.05) is 0 Å². The number of carboxylic acids is 1. The van der Waals surface area contributed by atoms with Gasteiger partial charge in [0.1, 0.15) is 24.4 Å². The third kappa shape index (κ3) is 5.04. The summed E-state index contributed by atoms with van der Waals surface area (Å²) in [5, 5.41) is 61.5. The SMILES string of the molecule is O=C(O)C(O)C(O)C(O)C(O)C(O)CO.[NaH]. The second-order valence-electron chi connectivity index (χ2n) is 3.00. The van der Waals surface area contributed by atoms with E-state index in [9.17, 15) is 4.79 Å². The van der Waals surface area contributed by atoms with Crippen LogP contribution in [0.3, 0.4) is 0 Å². The van der Waals surface area contributed by atoms with Crippen LogP contribution in [-0.2, 0) is 4.79 Å². The van der Waals surface area contributed by atoms with Crippen LogP contribution >= 0.6 is 0 Å². The molecule has 0 rings (SSSR count). The first-order valence-electron chi connectivity index (χ1n) is 4.07. The fourth-order valence-electron chi connectivity index (χ4n) is 0.870. The molecule has 92 valence electrons. The Kier molecular flexibility index (Phi) is 9.69. The molecule has 0 saturated heterocycles. The van der Waals surface area contributed by atoms with E-state index in [1.807, 2.05) is 0 Å². The second kappa shape index (κ2) is 8.34. The third-order valence-corrected chi connectivity index (χ3v) is 1.86. The standard InChI is InChI=1S/C7H14O8.Na.H/c8-1-2(9)3(10)4(11)5(12)6(13)7(14)15;;/h2-6,8-13H,1H2,(H,14,15);;. The van der Waals surface area contributed by atoms with E-state index in [2.05, 4.69) is 0 Å². The summed E-state index contributed by atoms with van der Waals surface area (Å²) in [6.07, 6.45) is -10.2. The molecule has 5 atom stereocenters. The topological polar surface area (TPSA) is 159 Å². The number of aliphatic hydroxyl groups excluding tert-OH is 6. The Labute approximate surface area is 113 Å². The molecule has 5 unspecified atom stereocenters. The Morgan fingerprint density at radius 1 is 0.938 bits per heavy atom. The van der Waals surface area contributed by atoms with Gasteiger partial charge in [-0.1, -0.05) is 0 Å². The Bertz CT molecular complexity index is 213. The monoisotopic (exact) mass is 250 g/mol. The first-order chi connectivity index (χ1) is 6.82. The molecule has 0 spiro atoms. The number of aliphatic carboxylic acids is 1. The van der Waals surface area contributed by atoms with Gasteiger partial charge in [-0.05, 0) is 0 Å². The van der Waals surface area contributed by atoms with Gasteiger partial charge in [-0.25, -0.2) is 4.79 Å². The van der Waals surface area contributed by atoms with Crippen molar-refractivity contribution in [1.82, 2.24) is 0 Å². The molecule has 0 radical (unpaired) electrons. The van der Waals surface area contributed by atoms with Gasteiger partial charge in [0.05, 0.1) is 6.61 Å². The zero-order valence-electron chi connectivity index (χ0n) is 7.63. The maximum atomic E-state index is 10.2. The van der Waals surface area contributed by atoms with E-state index < -0.39 is 43.1 Å². The van der Waals surface area contributed by atoms with E-state index in [-0.39, 0.29) is 29.6 Å². The molecule has 0 heterocycles. The van der Waals surface area contributed by atoms with Crippen molar-refractivity contribution in [2.45, 2.75) is 30.5 Å². The van der Waals surface area contributed by atoms with Crippen molar-refractivity contribution in [2.75, 3.05) is 6.61 Å². The van der Waals surface area contributed by atoms with E-state index in [0.29, 0.717) is 0 Å². The number of aliphatic hydroxyl groups is 6. The van der Waals surface area contributed by atoms with Crippen LogP contribution in [0.5, 0.6) is 0 Å². The zero-order chi connectivity index (χ0) is 12.2. The number of rotatable bonds is 6. The van der Waals surface area contributed by atoms with Crippen LogP contribution in [0.1, 0.15) is 0 Å². The number of carbonyl (C=O) groups is 1. The minimum absolute atomic E-state index is 0. The third-order valence-electron chi connectivity index (χ3n) is 1.86. The molecule has 0 aliphatic heterocycles. The summed E-state index contributed by atoms with van der Waals surface area (Å²) in [6.45, 7) is -0.881. The molecular weight excluding hydrogens is 235 g/mol. The van der Waals surface area contributed by atoms with Crippen molar-refractivity contribution in [3.63, 3.8) is 0 Å². The van der Waals surface area contributed by atoms with Crippen molar-refractivity contribution in [1.29, 1.82) is 0 Å². The molecule has 0 aliphatic carbocycles. The molecule has 0 bridgehead atoms. The fraction of sp³-hybridized carbons (Fsp3) is 0.857. The maximum absolute atomic E-state index is 10.2. The van der Waals surface area contributed by atoms with E-state index >= 15 is 0 Å². The van der Waals surface area contributed by atoms with Crippen LogP contribution in [0.4, 0.5) is 0 Å². The van der Waals surface area contributed by atoms with Gasteiger partial charge in [0.15, 0.2) is 6.10 Å². The molecular formula is C7H15NaO8. The molecule has 0 amide bonds. The van der Waals surface area contributed by atoms with Gasteiger partial charge in [-0.2, -0.15) is 0 Å². The van der Waals surface area contributed by atoms with E-state index in [1.165, 1.54) is 0 Å². The molecule has 8 nitrogen and oxygen atoms in total. The molecule has 0 aromatic heterocycles. The minimum atomic E-state index is -2.29. The fourth-order valence-corrected chi connectivity index (χ4v) is 0.870. The summed E-state index contributed by atoms with van der Waals surface area (Å²) in [4.78, 5) is 10.2. The van der Waals surface area contributed by atoms with Gasteiger partial charge in [0.2, 0.25) is 0 Å². The van der Waals surface area contributed by atoms with Crippen LogP contribution in [0.2, 0.25) is 0 Å². The molecule has 0 aromatic rings. The Hall–Kier alpha value is 0.230. The molecule has 16 heavy (non-hydrogen) atoms. The molecule has 0 fully saturated rings. The average molecular weight is 250 g/mol. The Morgan fingerprint density at radius 3 is 1.69 bits per heavy atom. The second-order valence-corrected chi connectivity index (χ2v) is 3.00. The van der Waals surface area contributed by atoms with E-state index in [1.54, 1.807) is 0 Å². The van der Waals surface area contributed by atoms with Crippen molar-refractivity contribution in [2.24, 2.45) is 0 Å². The first-order valence-corrected chi connectivity index (χ1v) is 4.07. The van der Waals surface area contributed by atoms with Crippen LogP contribution in [0, 0.1) is 0 Å². The Morgan fingerprint density at radius 2 is 1.38 bits per heavy atom. The molecule has 0 saturated carbocycles. The van der Waals surface area contributed by atoms with Crippen molar-refractivity contribution in [3.8, 4) is 0 Å². The predicted molar refractivity (Wildman–Crippen MR) is 51.9 cm³/mol. The summed E-state index contributed by atoms with van der Waals surface area (Å²) in [7, 11) is 0. The number of hydrogen-bond donors (Lipinski definition) is 7. The van der Waals surface area contributed by atoms with Crippen LogP contribution in [0.15, 0.2) is 0 Å². The van der Waals surface area contributed by atoms with Gasteiger partial charge in [0.25, 0.3) is 0 Å². The molecule has 7 N–H and O–H groups in total. The van der Waals surface area contributed by atoms with Crippen molar-refractivity contribution in [3.05, 3.63) is 0 Å². The molecule has 0 aliphatic rings. The van der Waals surface area contributed by atoms with Gasteiger partial charge < -0.3 is 35.7 Å². The normalized spacial score (nSPS) is 20.1. The predicted octanol–water partition coefficient (Wildman–Crippen LogP) is -4.78. The van der Waals surface area contributed by atoms with Crippen LogP contribution in [-0.4, -0.2) is 108 Å². The molecule has 9 heteroatoms. The van der Waals surface area contributed by atoms with Crippen LogP contribution < -0.4 is 0 Å².